The maximum absolute atomic E-state index is 5.85. The van der Waals surface area contributed by atoms with Gasteiger partial charge in [0.25, 0.3) is 0 Å². The average molecular weight is 259 g/mol. The van der Waals surface area contributed by atoms with Crippen LogP contribution in [0.25, 0.3) is 0 Å². The molecule has 0 saturated carbocycles. The van der Waals surface area contributed by atoms with E-state index in [2.05, 4.69) is 41.2 Å². The number of benzene rings is 1. The van der Waals surface area contributed by atoms with E-state index in [4.69, 9.17) is 5.73 Å². The smallest absolute Gasteiger partial charge is 0.141 e. The number of rotatable bonds is 3. The van der Waals surface area contributed by atoms with Crippen LogP contribution in [0, 0.1) is 20.8 Å². The van der Waals surface area contributed by atoms with Gasteiger partial charge in [0, 0.05) is 16.2 Å². The molecule has 0 radical (unpaired) electrons. The lowest BCUT2D eigenvalue weighted by Gasteiger charge is -2.07. The first-order chi connectivity index (χ1) is 8.56. The fourth-order valence-electron chi connectivity index (χ4n) is 1.63. The molecule has 0 aliphatic rings. The number of nitrogen functional groups attached to an aromatic ring is 1. The Hall–Kier alpha value is -1.55. The molecule has 1 heterocycles. The highest BCUT2D eigenvalue weighted by Crippen LogP contribution is 2.23. The van der Waals surface area contributed by atoms with Crippen molar-refractivity contribution in [3.63, 3.8) is 0 Å². The number of aromatic nitrogens is 2. The van der Waals surface area contributed by atoms with Crippen LogP contribution in [0.15, 0.2) is 29.2 Å². The van der Waals surface area contributed by atoms with Crippen molar-refractivity contribution < 1.29 is 0 Å². The number of nitrogens with two attached hydrogens (primary N) is 1. The molecule has 0 spiro atoms. The monoisotopic (exact) mass is 259 g/mol. The maximum atomic E-state index is 5.85. The summed E-state index contributed by atoms with van der Waals surface area (Å²) in [5, 5.41) is 0. The largest absolute Gasteiger partial charge is 0.383 e. The number of anilines is 1. The Bertz CT molecular complexity index is 544. The second-order valence-corrected chi connectivity index (χ2v) is 5.39. The molecule has 0 unspecified atom stereocenters. The van der Waals surface area contributed by atoms with Gasteiger partial charge in [-0.2, -0.15) is 0 Å². The Labute approximate surface area is 112 Å². The molecule has 0 aliphatic carbocycles. The standard InChI is InChI=1S/C14H17N3S/c1-9-5-4-6-12(7-9)18-8-13-16-11(3)10(2)14(15)17-13/h4-7H,8H2,1-3H3,(H2,15,16,17). The molecule has 18 heavy (non-hydrogen) atoms. The van der Waals surface area contributed by atoms with Gasteiger partial charge in [0.05, 0.1) is 5.75 Å². The second kappa shape index (κ2) is 5.40. The molecule has 2 aromatic rings. The Kier molecular flexibility index (Phi) is 3.87. The number of thioether (sulfide) groups is 1. The Morgan fingerprint density at radius 1 is 1.17 bits per heavy atom. The van der Waals surface area contributed by atoms with Gasteiger partial charge in [-0.1, -0.05) is 17.7 Å². The van der Waals surface area contributed by atoms with E-state index in [0.717, 1.165) is 22.8 Å². The van der Waals surface area contributed by atoms with E-state index in [1.54, 1.807) is 11.8 Å². The Morgan fingerprint density at radius 3 is 2.61 bits per heavy atom. The minimum atomic E-state index is 0.586. The van der Waals surface area contributed by atoms with E-state index < -0.39 is 0 Å². The van der Waals surface area contributed by atoms with E-state index in [9.17, 15) is 0 Å². The molecule has 4 heteroatoms. The van der Waals surface area contributed by atoms with Crippen LogP contribution in [0.2, 0.25) is 0 Å². The van der Waals surface area contributed by atoms with Gasteiger partial charge in [-0.25, -0.2) is 9.97 Å². The number of nitrogens with zero attached hydrogens (tertiary/aromatic N) is 2. The van der Waals surface area contributed by atoms with Crippen molar-refractivity contribution in [2.75, 3.05) is 5.73 Å². The first kappa shape index (κ1) is 12.9. The minimum absolute atomic E-state index is 0.586. The van der Waals surface area contributed by atoms with Gasteiger partial charge in [-0.3, -0.25) is 0 Å². The quantitative estimate of drug-likeness (QED) is 0.859. The Balaban J connectivity index is 2.11. The molecular formula is C14H17N3S. The van der Waals surface area contributed by atoms with Crippen molar-refractivity contribution in [2.45, 2.75) is 31.4 Å². The highest BCUT2D eigenvalue weighted by atomic mass is 32.2. The number of hydrogen-bond acceptors (Lipinski definition) is 4. The van der Waals surface area contributed by atoms with Gasteiger partial charge in [0.15, 0.2) is 0 Å². The van der Waals surface area contributed by atoms with Gasteiger partial charge in [0.2, 0.25) is 0 Å². The third-order valence-electron chi connectivity index (χ3n) is 2.83. The SMILES string of the molecule is Cc1cccc(SCc2nc(C)c(C)c(N)n2)c1. The fraction of sp³-hybridized carbons (Fsp3) is 0.286. The second-order valence-electron chi connectivity index (χ2n) is 4.34. The first-order valence-electron chi connectivity index (χ1n) is 5.85. The summed E-state index contributed by atoms with van der Waals surface area (Å²) >= 11 is 1.73. The van der Waals surface area contributed by atoms with E-state index in [1.807, 2.05) is 13.8 Å². The van der Waals surface area contributed by atoms with Crippen LogP contribution in [-0.4, -0.2) is 9.97 Å². The zero-order valence-corrected chi connectivity index (χ0v) is 11.7. The molecular weight excluding hydrogens is 242 g/mol. The molecule has 0 atom stereocenters. The predicted molar refractivity (Wildman–Crippen MR) is 76.7 cm³/mol. The number of aryl methyl sites for hydroxylation is 2. The van der Waals surface area contributed by atoms with Crippen molar-refractivity contribution in [3.05, 3.63) is 46.9 Å². The van der Waals surface area contributed by atoms with Crippen LogP contribution in [0.5, 0.6) is 0 Å². The zero-order valence-electron chi connectivity index (χ0n) is 10.9. The molecule has 0 saturated heterocycles. The van der Waals surface area contributed by atoms with Gasteiger partial charge in [0.1, 0.15) is 11.6 Å². The summed E-state index contributed by atoms with van der Waals surface area (Å²) in [5.74, 6) is 2.12. The van der Waals surface area contributed by atoms with E-state index in [0.29, 0.717) is 5.82 Å². The average Bonchev–Trinajstić information content (AvgIpc) is 2.33. The normalized spacial score (nSPS) is 10.6. The van der Waals surface area contributed by atoms with Crippen molar-refractivity contribution in [2.24, 2.45) is 0 Å². The lowest BCUT2D eigenvalue weighted by atomic mass is 10.2. The molecule has 0 aliphatic heterocycles. The van der Waals surface area contributed by atoms with Crippen LogP contribution in [0.1, 0.15) is 22.6 Å². The summed E-state index contributed by atoms with van der Waals surface area (Å²) in [7, 11) is 0. The van der Waals surface area contributed by atoms with E-state index in [1.165, 1.54) is 10.5 Å². The summed E-state index contributed by atoms with van der Waals surface area (Å²) in [6, 6.07) is 8.42. The van der Waals surface area contributed by atoms with Gasteiger partial charge in [-0.05, 0) is 32.9 Å². The van der Waals surface area contributed by atoms with Crippen LogP contribution in [-0.2, 0) is 5.75 Å². The number of hydrogen-bond donors (Lipinski definition) is 1. The van der Waals surface area contributed by atoms with Crippen LogP contribution < -0.4 is 5.73 Å². The fourth-order valence-corrected chi connectivity index (χ4v) is 2.50. The first-order valence-corrected chi connectivity index (χ1v) is 6.84. The third kappa shape index (κ3) is 3.01. The molecule has 1 aromatic carbocycles. The summed E-state index contributed by atoms with van der Waals surface area (Å²) in [6.07, 6.45) is 0. The van der Waals surface area contributed by atoms with Crippen LogP contribution in [0.4, 0.5) is 5.82 Å². The Morgan fingerprint density at radius 2 is 1.94 bits per heavy atom. The summed E-state index contributed by atoms with van der Waals surface area (Å²) in [5.41, 5.74) is 9.05. The molecule has 0 amide bonds. The van der Waals surface area contributed by atoms with Gasteiger partial charge >= 0.3 is 0 Å². The van der Waals surface area contributed by atoms with E-state index >= 15 is 0 Å². The zero-order chi connectivity index (χ0) is 13.1. The van der Waals surface area contributed by atoms with Crippen molar-refractivity contribution in [1.29, 1.82) is 0 Å². The highest BCUT2D eigenvalue weighted by molar-refractivity contribution is 7.98. The van der Waals surface area contributed by atoms with Crippen molar-refractivity contribution in [1.82, 2.24) is 9.97 Å². The summed E-state index contributed by atoms with van der Waals surface area (Å²) in [6.45, 7) is 6.00. The van der Waals surface area contributed by atoms with Gasteiger partial charge in [-0.15, -0.1) is 11.8 Å². The molecule has 2 rings (SSSR count). The maximum Gasteiger partial charge on any atom is 0.141 e. The molecule has 3 nitrogen and oxygen atoms in total. The lowest BCUT2D eigenvalue weighted by Crippen LogP contribution is -2.03. The van der Waals surface area contributed by atoms with Crippen LogP contribution >= 0.6 is 11.8 Å². The summed E-state index contributed by atoms with van der Waals surface area (Å²) < 4.78 is 0. The predicted octanol–water partition coefficient (Wildman–Crippen LogP) is 3.28. The molecule has 94 valence electrons. The molecule has 2 N–H and O–H groups in total. The van der Waals surface area contributed by atoms with Gasteiger partial charge < -0.3 is 5.73 Å². The lowest BCUT2D eigenvalue weighted by molar-refractivity contribution is 0.981. The highest BCUT2D eigenvalue weighted by Gasteiger charge is 2.05. The third-order valence-corrected chi connectivity index (χ3v) is 3.82. The van der Waals surface area contributed by atoms with Crippen LogP contribution in [0.3, 0.4) is 0 Å². The van der Waals surface area contributed by atoms with Crippen molar-refractivity contribution in [3.8, 4) is 0 Å². The topological polar surface area (TPSA) is 51.8 Å². The molecule has 0 fully saturated rings. The molecule has 1 aromatic heterocycles. The minimum Gasteiger partial charge on any atom is -0.383 e. The van der Waals surface area contributed by atoms with Crippen molar-refractivity contribution >= 4 is 17.6 Å². The van der Waals surface area contributed by atoms with E-state index in [-0.39, 0.29) is 0 Å². The molecule has 0 bridgehead atoms. The summed E-state index contributed by atoms with van der Waals surface area (Å²) in [4.78, 5) is 10.0.